The maximum Gasteiger partial charge on any atom is 0.338 e. The summed E-state index contributed by atoms with van der Waals surface area (Å²) in [4.78, 5) is 25.1. The van der Waals surface area contributed by atoms with E-state index in [1.54, 1.807) is 42.5 Å². The van der Waals surface area contributed by atoms with Crippen LogP contribution in [-0.4, -0.2) is 37.0 Å². The Labute approximate surface area is 225 Å². The van der Waals surface area contributed by atoms with Gasteiger partial charge < -0.3 is 24.3 Å². The van der Waals surface area contributed by atoms with E-state index in [-0.39, 0.29) is 19.1 Å². The Morgan fingerprint density at radius 1 is 1.00 bits per heavy atom. The molecule has 9 heteroatoms. The molecule has 37 heavy (non-hydrogen) atoms. The summed E-state index contributed by atoms with van der Waals surface area (Å²) in [5.74, 6) is -1.33. The third-order valence-electron chi connectivity index (χ3n) is 5.64. The predicted octanol–water partition coefficient (Wildman–Crippen LogP) is 6.58. The van der Waals surface area contributed by atoms with E-state index in [4.69, 9.17) is 42.1 Å². The van der Waals surface area contributed by atoms with Crippen molar-refractivity contribution in [3.05, 3.63) is 87.9 Å². The van der Waals surface area contributed by atoms with Gasteiger partial charge in [0.25, 0.3) is 0 Å². The second-order valence-corrected chi connectivity index (χ2v) is 9.74. The number of esters is 2. The van der Waals surface area contributed by atoms with Gasteiger partial charge >= 0.3 is 11.9 Å². The van der Waals surface area contributed by atoms with Gasteiger partial charge in [-0.15, -0.1) is 0 Å². The Morgan fingerprint density at radius 3 is 2.41 bits per heavy atom. The van der Waals surface area contributed by atoms with E-state index < -0.39 is 17.7 Å². The molecule has 4 rings (SSSR count). The smallest absolute Gasteiger partial charge is 0.338 e. The highest BCUT2D eigenvalue weighted by Crippen LogP contribution is 2.33. The van der Waals surface area contributed by atoms with Gasteiger partial charge in [-0.2, -0.15) is 0 Å². The molecule has 1 atom stereocenters. The highest BCUT2D eigenvalue weighted by molar-refractivity contribution is 6.39. The third kappa shape index (κ3) is 7.46. The minimum absolute atomic E-state index is 0.0104. The first-order chi connectivity index (χ1) is 17.7. The molecule has 3 aromatic rings. The van der Waals surface area contributed by atoms with Crippen molar-refractivity contribution in [2.24, 2.45) is 0 Å². The SMILES string of the molecule is CC1(C)OCCC(COC(=O)c2ccc(OC(=O)Cc3ccccc3Nc3c(Cl)cccc3Cl)cc2)O1. The Hall–Kier alpha value is -3.10. The van der Waals surface area contributed by atoms with Crippen molar-refractivity contribution in [3.8, 4) is 5.75 Å². The van der Waals surface area contributed by atoms with Crippen molar-refractivity contribution in [2.45, 2.75) is 38.6 Å². The lowest BCUT2D eigenvalue weighted by atomic mass is 10.1. The lowest BCUT2D eigenvalue weighted by Crippen LogP contribution is -2.41. The largest absolute Gasteiger partial charge is 0.459 e. The van der Waals surface area contributed by atoms with Crippen LogP contribution in [0.3, 0.4) is 0 Å². The minimum Gasteiger partial charge on any atom is -0.459 e. The molecule has 0 amide bonds. The molecule has 1 heterocycles. The molecular formula is C28H27Cl2NO6. The molecule has 1 aliphatic heterocycles. The van der Waals surface area contributed by atoms with Gasteiger partial charge in [0.1, 0.15) is 12.4 Å². The average molecular weight is 544 g/mol. The first-order valence-electron chi connectivity index (χ1n) is 11.8. The summed E-state index contributed by atoms with van der Waals surface area (Å²) in [5.41, 5.74) is 2.30. The van der Waals surface area contributed by atoms with Crippen molar-refractivity contribution in [1.82, 2.24) is 0 Å². The molecule has 1 N–H and O–H groups in total. The Morgan fingerprint density at radius 2 is 1.70 bits per heavy atom. The molecule has 0 aliphatic carbocycles. The summed E-state index contributed by atoms with van der Waals surface area (Å²) in [7, 11) is 0. The number of carbonyl (C=O) groups is 2. The van der Waals surface area contributed by atoms with Crippen molar-refractivity contribution in [1.29, 1.82) is 0 Å². The van der Waals surface area contributed by atoms with Crippen LogP contribution < -0.4 is 10.1 Å². The van der Waals surface area contributed by atoms with Crippen LogP contribution in [0.4, 0.5) is 11.4 Å². The number of benzene rings is 3. The number of rotatable bonds is 8. The quantitative estimate of drug-likeness (QED) is 0.253. The molecule has 1 fully saturated rings. The Kier molecular flexibility index (Phi) is 8.71. The number of para-hydroxylation sites is 2. The fourth-order valence-corrected chi connectivity index (χ4v) is 4.32. The van der Waals surface area contributed by atoms with Crippen LogP contribution in [0.5, 0.6) is 5.75 Å². The summed E-state index contributed by atoms with van der Waals surface area (Å²) in [6.45, 7) is 4.33. The zero-order chi connectivity index (χ0) is 26.4. The zero-order valence-electron chi connectivity index (χ0n) is 20.5. The van der Waals surface area contributed by atoms with Gasteiger partial charge in [0, 0.05) is 12.1 Å². The highest BCUT2D eigenvalue weighted by Gasteiger charge is 2.30. The lowest BCUT2D eigenvalue weighted by molar-refractivity contribution is -0.277. The summed E-state index contributed by atoms with van der Waals surface area (Å²) >= 11 is 12.5. The van der Waals surface area contributed by atoms with Gasteiger partial charge in [-0.1, -0.05) is 47.5 Å². The fraction of sp³-hybridized carbons (Fsp3) is 0.286. The van der Waals surface area contributed by atoms with Crippen LogP contribution in [0.15, 0.2) is 66.7 Å². The average Bonchev–Trinajstić information content (AvgIpc) is 2.86. The first kappa shape index (κ1) is 26.9. The highest BCUT2D eigenvalue weighted by atomic mass is 35.5. The number of anilines is 2. The fourth-order valence-electron chi connectivity index (χ4n) is 3.83. The molecule has 1 saturated heterocycles. The van der Waals surface area contributed by atoms with Gasteiger partial charge in [0.2, 0.25) is 0 Å². The second kappa shape index (κ2) is 12.0. The number of carbonyl (C=O) groups excluding carboxylic acids is 2. The normalized spacial score (nSPS) is 16.6. The predicted molar refractivity (Wildman–Crippen MR) is 142 cm³/mol. The lowest BCUT2D eigenvalue weighted by Gasteiger charge is -2.35. The molecule has 0 radical (unpaired) electrons. The van der Waals surface area contributed by atoms with Crippen LogP contribution in [0.1, 0.15) is 36.2 Å². The van der Waals surface area contributed by atoms with Gasteiger partial charge in [-0.05, 0) is 61.9 Å². The van der Waals surface area contributed by atoms with Crippen LogP contribution in [0.2, 0.25) is 10.0 Å². The maximum atomic E-state index is 12.7. The number of ether oxygens (including phenoxy) is 4. The van der Waals surface area contributed by atoms with Gasteiger partial charge in [0.05, 0.1) is 40.4 Å². The van der Waals surface area contributed by atoms with Gasteiger partial charge in [0.15, 0.2) is 5.79 Å². The van der Waals surface area contributed by atoms with E-state index in [0.29, 0.717) is 51.3 Å². The molecule has 3 aromatic carbocycles. The molecular weight excluding hydrogens is 517 g/mol. The van der Waals surface area contributed by atoms with E-state index in [1.807, 2.05) is 38.1 Å². The molecule has 194 valence electrons. The number of nitrogens with one attached hydrogen (secondary N) is 1. The van der Waals surface area contributed by atoms with Gasteiger partial charge in [-0.3, -0.25) is 4.79 Å². The molecule has 7 nitrogen and oxygen atoms in total. The minimum atomic E-state index is -0.695. The van der Waals surface area contributed by atoms with Crippen LogP contribution in [0.25, 0.3) is 0 Å². The van der Waals surface area contributed by atoms with Crippen LogP contribution in [0, 0.1) is 0 Å². The standard InChI is InChI=1S/C28H27Cl2NO6/c1-28(2)35-15-14-21(37-28)17-34-27(33)18-10-12-20(13-11-18)36-25(32)16-19-6-3-4-9-24(19)31-26-22(29)7-5-8-23(26)30/h3-13,21,31H,14-17H2,1-2H3. The van der Waals surface area contributed by atoms with Crippen LogP contribution >= 0.6 is 23.2 Å². The molecule has 1 aliphatic rings. The van der Waals surface area contributed by atoms with Crippen molar-refractivity contribution in [2.75, 3.05) is 18.5 Å². The first-order valence-corrected chi connectivity index (χ1v) is 12.5. The Balaban J connectivity index is 1.32. The second-order valence-electron chi connectivity index (χ2n) is 8.93. The summed E-state index contributed by atoms with van der Waals surface area (Å²) in [5, 5.41) is 4.13. The summed E-state index contributed by atoms with van der Waals surface area (Å²) in [6, 6.07) is 18.7. The van der Waals surface area contributed by atoms with Gasteiger partial charge in [-0.25, -0.2) is 4.79 Å². The monoisotopic (exact) mass is 543 g/mol. The van der Waals surface area contributed by atoms with E-state index in [1.165, 1.54) is 0 Å². The van der Waals surface area contributed by atoms with E-state index in [0.717, 1.165) is 0 Å². The molecule has 0 saturated carbocycles. The van der Waals surface area contributed by atoms with Crippen molar-refractivity contribution in [3.63, 3.8) is 0 Å². The molecule has 0 aromatic heterocycles. The maximum absolute atomic E-state index is 12.7. The van der Waals surface area contributed by atoms with E-state index >= 15 is 0 Å². The van der Waals surface area contributed by atoms with E-state index in [9.17, 15) is 9.59 Å². The molecule has 0 bridgehead atoms. The topological polar surface area (TPSA) is 83.1 Å². The summed E-state index contributed by atoms with van der Waals surface area (Å²) in [6.07, 6.45) is 0.436. The zero-order valence-corrected chi connectivity index (χ0v) is 22.0. The van der Waals surface area contributed by atoms with E-state index in [2.05, 4.69) is 5.32 Å². The Bertz CT molecular complexity index is 1240. The molecule has 1 unspecified atom stereocenters. The number of halogens is 2. The molecule has 0 spiro atoms. The number of hydrogen-bond acceptors (Lipinski definition) is 7. The van der Waals surface area contributed by atoms with Crippen molar-refractivity contribution >= 4 is 46.5 Å². The van der Waals surface area contributed by atoms with Crippen molar-refractivity contribution < 1.29 is 28.5 Å². The number of hydrogen-bond donors (Lipinski definition) is 1. The summed E-state index contributed by atoms with van der Waals surface area (Å²) < 4.78 is 22.1. The third-order valence-corrected chi connectivity index (χ3v) is 6.27. The van der Waals surface area contributed by atoms with Crippen LogP contribution in [-0.2, 0) is 25.4 Å².